The maximum absolute atomic E-state index is 11.0. The Kier molecular flexibility index (Phi) is 5.65. The molecule has 0 bridgehead atoms. The first-order chi connectivity index (χ1) is 11.1. The van der Waals surface area contributed by atoms with Crippen LogP contribution in [0.25, 0.3) is 11.3 Å². The molecule has 23 heavy (non-hydrogen) atoms. The number of thiocarbonyl (C=S) groups is 1. The number of benzene rings is 1. The van der Waals surface area contributed by atoms with Gasteiger partial charge in [0.05, 0.1) is 11.8 Å². The molecular formula is C16H15N3O3S. The lowest BCUT2D eigenvalue weighted by Crippen LogP contribution is -2.31. The molecule has 1 aromatic heterocycles. The van der Waals surface area contributed by atoms with Gasteiger partial charge in [-0.3, -0.25) is 5.43 Å². The van der Waals surface area contributed by atoms with Crippen LogP contribution in [0.3, 0.4) is 0 Å². The summed E-state index contributed by atoms with van der Waals surface area (Å²) in [6, 6.07) is 10.00. The maximum Gasteiger partial charge on any atom is 0.335 e. The SMILES string of the molecule is C=CCNC(=S)N/N=C\c1ccc(-c2cccc(C(=O)O)c2)o1. The number of rotatable bonds is 6. The Morgan fingerprint density at radius 2 is 2.22 bits per heavy atom. The van der Waals surface area contributed by atoms with Gasteiger partial charge in [0.2, 0.25) is 0 Å². The molecule has 2 rings (SSSR count). The maximum atomic E-state index is 11.0. The van der Waals surface area contributed by atoms with Crippen LogP contribution in [0.2, 0.25) is 0 Å². The van der Waals surface area contributed by atoms with Crippen molar-refractivity contribution in [3.05, 3.63) is 60.4 Å². The fraction of sp³-hybridized carbons (Fsp3) is 0.0625. The Morgan fingerprint density at radius 3 is 2.96 bits per heavy atom. The van der Waals surface area contributed by atoms with Crippen molar-refractivity contribution in [2.75, 3.05) is 6.54 Å². The average Bonchev–Trinajstić information content (AvgIpc) is 3.02. The van der Waals surface area contributed by atoms with Gasteiger partial charge >= 0.3 is 5.97 Å². The Morgan fingerprint density at radius 1 is 1.39 bits per heavy atom. The molecule has 0 aliphatic heterocycles. The minimum Gasteiger partial charge on any atom is -0.478 e. The first-order valence-corrected chi connectivity index (χ1v) is 7.12. The van der Waals surface area contributed by atoms with E-state index in [0.29, 0.717) is 28.7 Å². The van der Waals surface area contributed by atoms with Gasteiger partial charge in [0.25, 0.3) is 0 Å². The summed E-state index contributed by atoms with van der Waals surface area (Å²) in [6.45, 7) is 4.12. The Hall–Kier alpha value is -2.93. The molecule has 0 saturated heterocycles. The van der Waals surface area contributed by atoms with Gasteiger partial charge in [-0.25, -0.2) is 4.79 Å². The lowest BCUT2D eigenvalue weighted by atomic mass is 10.1. The van der Waals surface area contributed by atoms with E-state index in [1.165, 1.54) is 12.3 Å². The second-order valence-corrected chi connectivity index (χ2v) is 4.86. The number of carboxylic acids is 1. The summed E-state index contributed by atoms with van der Waals surface area (Å²) in [7, 11) is 0. The number of nitrogens with zero attached hydrogens (tertiary/aromatic N) is 1. The number of hydrogen-bond donors (Lipinski definition) is 3. The first-order valence-electron chi connectivity index (χ1n) is 6.71. The van der Waals surface area contributed by atoms with Gasteiger partial charge < -0.3 is 14.8 Å². The quantitative estimate of drug-likeness (QED) is 0.327. The van der Waals surface area contributed by atoms with Crippen LogP contribution in [0.1, 0.15) is 16.1 Å². The van der Waals surface area contributed by atoms with Crippen molar-refractivity contribution in [2.24, 2.45) is 5.10 Å². The zero-order valence-electron chi connectivity index (χ0n) is 12.2. The molecule has 2 aromatic rings. The number of nitrogens with one attached hydrogen (secondary N) is 2. The lowest BCUT2D eigenvalue weighted by molar-refractivity contribution is 0.0697. The molecule has 0 aliphatic rings. The zero-order chi connectivity index (χ0) is 16.7. The summed E-state index contributed by atoms with van der Waals surface area (Å²) < 4.78 is 5.61. The number of hydrazone groups is 1. The lowest BCUT2D eigenvalue weighted by Gasteiger charge is -2.02. The van der Waals surface area contributed by atoms with Gasteiger partial charge in [-0.05, 0) is 36.5 Å². The molecule has 0 atom stereocenters. The standard InChI is InChI=1S/C16H15N3O3S/c1-2-8-17-16(23)19-18-10-13-6-7-14(22-13)11-4-3-5-12(9-11)15(20)21/h2-7,9-10H,1,8H2,(H,20,21)(H2,17,19,23)/b18-10-. The van der Waals surface area contributed by atoms with Gasteiger partial charge in [0, 0.05) is 12.1 Å². The highest BCUT2D eigenvalue weighted by Gasteiger charge is 2.07. The van der Waals surface area contributed by atoms with Gasteiger partial charge in [0.15, 0.2) is 5.11 Å². The smallest absolute Gasteiger partial charge is 0.335 e. The van der Waals surface area contributed by atoms with E-state index in [1.807, 2.05) is 0 Å². The zero-order valence-corrected chi connectivity index (χ0v) is 13.0. The van der Waals surface area contributed by atoms with Crippen molar-refractivity contribution >= 4 is 29.5 Å². The summed E-state index contributed by atoms with van der Waals surface area (Å²) >= 11 is 4.99. The number of aromatic carboxylic acids is 1. The molecular weight excluding hydrogens is 314 g/mol. The third kappa shape index (κ3) is 4.79. The normalized spacial score (nSPS) is 10.4. The van der Waals surface area contributed by atoms with Crippen LogP contribution in [0, 0.1) is 0 Å². The highest BCUT2D eigenvalue weighted by Crippen LogP contribution is 2.22. The molecule has 3 N–H and O–H groups in total. The molecule has 118 valence electrons. The topological polar surface area (TPSA) is 86.9 Å². The molecule has 0 radical (unpaired) electrons. The summed E-state index contributed by atoms with van der Waals surface area (Å²) in [5.41, 5.74) is 3.53. The number of hydrogen-bond acceptors (Lipinski definition) is 4. The largest absolute Gasteiger partial charge is 0.478 e. The molecule has 1 aromatic carbocycles. The van der Waals surface area contributed by atoms with E-state index in [4.69, 9.17) is 21.7 Å². The van der Waals surface area contributed by atoms with Crippen molar-refractivity contribution < 1.29 is 14.3 Å². The summed E-state index contributed by atoms with van der Waals surface area (Å²) in [5, 5.41) is 16.2. The Bertz CT molecular complexity index is 753. The van der Waals surface area contributed by atoms with E-state index < -0.39 is 5.97 Å². The van der Waals surface area contributed by atoms with E-state index in [1.54, 1.807) is 36.4 Å². The highest BCUT2D eigenvalue weighted by molar-refractivity contribution is 7.80. The highest BCUT2D eigenvalue weighted by atomic mass is 32.1. The molecule has 6 nitrogen and oxygen atoms in total. The van der Waals surface area contributed by atoms with Crippen molar-refractivity contribution in [1.29, 1.82) is 0 Å². The molecule has 0 fully saturated rings. The van der Waals surface area contributed by atoms with Crippen LogP contribution in [-0.4, -0.2) is 28.9 Å². The molecule has 0 saturated carbocycles. The van der Waals surface area contributed by atoms with Crippen LogP contribution in [0.4, 0.5) is 0 Å². The minimum absolute atomic E-state index is 0.203. The van der Waals surface area contributed by atoms with E-state index in [-0.39, 0.29) is 5.56 Å². The van der Waals surface area contributed by atoms with Crippen LogP contribution in [-0.2, 0) is 0 Å². The summed E-state index contributed by atoms with van der Waals surface area (Å²) in [5.74, 6) is 0.0894. The summed E-state index contributed by atoms with van der Waals surface area (Å²) in [4.78, 5) is 11.0. The fourth-order valence-electron chi connectivity index (χ4n) is 1.74. The fourth-order valence-corrected chi connectivity index (χ4v) is 1.88. The van der Waals surface area contributed by atoms with Crippen molar-refractivity contribution in [2.45, 2.75) is 0 Å². The molecule has 0 aliphatic carbocycles. The molecule has 7 heteroatoms. The van der Waals surface area contributed by atoms with E-state index >= 15 is 0 Å². The molecule has 0 unspecified atom stereocenters. The van der Waals surface area contributed by atoms with E-state index in [0.717, 1.165) is 0 Å². The van der Waals surface area contributed by atoms with Crippen LogP contribution < -0.4 is 10.7 Å². The van der Waals surface area contributed by atoms with Gasteiger partial charge in [0.1, 0.15) is 11.5 Å². The van der Waals surface area contributed by atoms with Gasteiger partial charge in [-0.2, -0.15) is 5.10 Å². The first kappa shape index (κ1) is 16.4. The second-order valence-electron chi connectivity index (χ2n) is 4.46. The van der Waals surface area contributed by atoms with Crippen molar-refractivity contribution in [3.8, 4) is 11.3 Å². The monoisotopic (exact) mass is 329 g/mol. The van der Waals surface area contributed by atoms with Crippen LogP contribution in [0.5, 0.6) is 0 Å². The van der Waals surface area contributed by atoms with Crippen LogP contribution in [0.15, 0.2) is 58.6 Å². The predicted octanol–water partition coefficient (Wildman–Crippen LogP) is 2.63. The number of carboxylic acid groups (broad SMARTS) is 1. The Labute approximate surface area is 138 Å². The average molecular weight is 329 g/mol. The number of carbonyl (C=O) groups is 1. The third-order valence-corrected chi connectivity index (χ3v) is 3.02. The molecule has 0 amide bonds. The molecule has 0 spiro atoms. The van der Waals surface area contributed by atoms with Crippen molar-refractivity contribution in [3.63, 3.8) is 0 Å². The predicted molar refractivity (Wildman–Crippen MR) is 92.6 cm³/mol. The van der Waals surface area contributed by atoms with E-state index in [9.17, 15) is 4.79 Å². The molecule has 1 heterocycles. The second kappa shape index (κ2) is 7.90. The minimum atomic E-state index is -0.982. The summed E-state index contributed by atoms with van der Waals surface area (Å²) in [6.07, 6.45) is 3.16. The van der Waals surface area contributed by atoms with E-state index in [2.05, 4.69) is 22.4 Å². The third-order valence-electron chi connectivity index (χ3n) is 2.79. The number of furan rings is 1. The van der Waals surface area contributed by atoms with Gasteiger partial charge in [-0.1, -0.05) is 18.2 Å². The van der Waals surface area contributed by atoms with Gasteiger partial charge in [-0.15, -0.1) is 6.58 Å². The Balaban J connectivity index is 2.03. The van der Waals surface area contributed by atoms with Crippen LogP contribution >= 0.6 is 12.2 Å². The van der Waals surface area contributed by atoms with Crippen molar-refractivity contribution in [1.82, 2.24) is 10.7 Å².